The van der Waals surface area contributed by atoms with E-state index in [4.69, 9.17) is 9.94 Å². The first kappa shape index (κ1) is 17.5. The van der Waals surface area contributed by atoms with Gasteiger partial charge in [0, 0.05) is 6.42 Å². The van der Waals surface area contributed by atoms with E-state index in [1.54, 1.807) is 5.01 Å². The molecule has 0 amide bonds. The summed E-state index contributed by atoms with van der Waals surface area (Å²) in [6, 6.07) is 0. The fraction of sp³-hybridized carbons (Fsp3) is 0.929. The van der Waals surface area contributed by atoms with E-state index >= 15 is 0 Å². The minimum Gasteiger partial charge on any atom is -0.569 e. The second kappa shape index (κ2) is 7.47. The van der Waals surface area contributed by atoms with E-state index in [2.05, 4.69) is 12.2 Å². The molecule has 0 heterocycles. The lowest BCUT2D eigenvalue weighted by Crippen LogP contribution is -2.46. The number of aliphatic carboxylic acids is 1. The molecule has 7 nitrogen and oxygen atoms in total. The number of nitrogens with zero attached hydrogens (tertiary/aromatic N) is 3. The number of hydrazine groups is 1. The van der Waals surface area contributed by atoms with E-state index in [-0.39, 0.29) is 17.6 Å². The molecule has 1 saturated carbocycles. The fourth-order valence-corrected chi connectivity index (χ4v) is 2.40. The third-order valence-electron chi connectivity index (χ3n) is 3.70. The summed E-state index contributed by atoms with van der Waals surface area (Å²) < 4.78 is 0. The SMILES string of the molecule is CCCCN(/[N+]([O-])=N\O[C@@H]1CC[C@@H](C(=O)O)C1)C(C)(C)C. The first-order chi connectivity index (χ1) is 9.75. The van der Waals surface area contributed by atoms with Crippen LogP contribution in [0.3, 0.4) is 0 Å². The summed E-state index contributed by atoms with van der Waals surface area (Å²) in [6.07, 6.45) is 3.22. The number of hydrogen-bond donors (Lipinski definition) is 1. The van der Waals surface area contributed by atoms with Crippen LogP contribution >= 0.6 is 0 Å². The Labute approximate surface area is 126 Å². The Bertz CT molecular complexity index is 379. The molecule has 0 saturated heterocycles. The third-order valence-corrected chi connectivity index (χ3v) is 3.70. The molecule has 1 aliphatic carbocycles. The van der Waals surface area contributed by atoms with Gasteiger partial charge < -0.3 is 15.2 Å². The lowest BCUT2D eigenvalue weighted by Gasteiger charge is -2.30. The largest absolute Gasteiger partial charge is 0.569 e. The smallest absolute Gasteiger partial charge is 0.306 e. The average Bonchev–Trinajstić information content (AvgIpc) is 2.84. The van der Waals surface area contributed by atoms with Gasteiger partial charge in [-0.2, -0.15) is 0 Å². The van der Waals surface area contributed by atoms with E-state index in [1.807, 2.05) is 20.8 Å². The van der Waals surface area contributed by atoms with Gasteiger partial charge in [-0.15, -0.1) is 5.01 Å². The predicted molar refractivity (Wildman–Crippen MR) is 77.3 cm³/mol. The monoisotopic (exact) mass is 301 g/mol. The van der Waals surface area contributed by atoms with Crippen LogP contribution in [0.25, 0.3) is 0 Å². The van der Waals surface area contributed by atoms with Gasteiger partial charge in [0.1, 0.15) is 6.10 Å². The summed E-state index contributed by atoms with van der Waals surface area (Å²) in [6.45, 7) is 8.50. The van der Waals surface area contributed by atoms with Gasteiger partial charge in [-0.3, -0.25) is 4.79 Å². The quantitative estimate of drug-likeness (QED) is 0.443. The molecule has 0 aromatic rings. The molecule has 0 radical (unpaired) electrons. The molecule has 0 aromatic carbocycles. The van der Waals surface area contributed by atoms with Gasteiger partial charge in [-0.1, -0.05) is 13.3 Å². The minimum absolute atomic E-state index is 0.282. The zero-order valence-electron chi connectivity index (χ0n) is 13.4. The molecular weight excluding hydrogens is 274 g/mol. The summed E-state index contributed by atoms with van der Waals surface area (Å²) in [5.74, 6) is -1.19. The number of hydrogen-bond acceptors (Lipinski definition) is 4. The summed E-state index contributed by atoms with van der Waals surface area (Å²) in [5.41, 5.74) is -0.344. The Balaban J connectivity index is 2.59. The molecule has 1 N–H and O–H groups in total. The van der Waals surface area contributed by atoms with Crippen molar-refractivity contribution in [2.45, 2.75) is 71.4 Å². The molecule has 0 aliphatic heterocycles. The van der Waals surface area contributed by atoms with Crippen molar-refractivity contribution < 1.29 is 19.7 Å². The van der Waals surface area contributed by atoms with Gasteiger partial charge >= 0.3 is 5.97 Å². The Hall–Kier alpha value is -1.53. The van der Waals surface area contributed by atoms with E-state index in [0.29, 0.717) is 30.8 Å². The zero-order valence-corrected chi connectivity index (χ0v) is 13.4. The summed E-state index contributed by atoms with van der Waals surface area (Å²) in [4.78, 5) is 16.6. The van der Waals surface area contributed by atoms with Gasteiger partial charge in [0.05, 0.1) is 23.0 Å². The van der Waals surface area contributed by atoms with Crippen LogP contribution in [0.4, 0.5) is 0 Å². The van der Waals surface area contributed by atoms with Gasteiger partial charge in [0.25, 0.3) is 0 Å². The standard InChI is InChI=1S/C14H27N3O4/c1-5-6-9-16(14(2,3)4)17(20)15-21-12-8-7-11(10-12)13(18)19/h11-12H,5-10H2,1-4H3,(H,18,19)/b17-15+/t11-,12-/m1/s1. The highest BCUT2D eigenvalue weighted by Gasteiger charge is 2.33. The van der Waals surface area contributed by atoms with Crippen LogP contribution in [0.5, 0.6) is 0 Å². The summed E-state index contributed by atoms with van der Waals surface area (Å²) in [5, 5.41) is 26.3. The van der Waals surface area contributed by atoms with Crippen molar-refractivity contribution in [3.05, 3.63) is 5.21 Å². The molecule has 122 valence electrons. The van der Waals surface area contributed by atoms with E-state index in [1.165, 1.54) is 0 Å². The molecule has 2 atom stereocenters. The van der Waals surface area contributed by atoms with Crippen molar-refractivity contribution in [2.75, 3.05) is 6.54 Å². The molecule has 0 bridgehead atoms. The van der Waals surface area contributed by atoms with Crippen molar-refractivity contribution in [1.82, 2.24) is 5.01 Å². The van der Waals surface area contributed by atoms with Crippen LogP contribution in [-0.2, 0) is 9.63 Å². The third kappa shape index (κ3) is 5.40. The van der Waals surface area contributed by atoms with Crippen LogP contribution in [0.1, 0.15) is 59.8 Å². The summed E-state index contributed by atoms with van der Waals surface area (Å²) >= 11 is 0. The number of carboxylic acid groups (broad SMARTS) is 1. The highest BCUT2D eigenvalue weighted by molar-refractivity contribution is 5.70. The molecule has 1 aliphatic rings. The Morgan fingerprint density at radius 3 is 2.62 bits per heavy atom. The molecular formula is C14H27N3O4. The van der Waals surface area contributed by atoms with Crippen molar-refractivity contribution in [1.29, 1.82) is 0 Å². The molecule has 7 heteroatoms. The molecule has 0 aromatic heterocycles. The second-order valence-electron chi connectivity index (χ2n) is 6.56. The first-order valence-corrected chi connectivity index (χ1v) is 7.60. The van der Waals surface area contributed by atoms with Crippen molar-refractivity contribution in [3.63, 3.8) is 0 Å². The Morgan fingerprint density at radius 2 is 2.14 bits per heavy atom. The molecule has 1 rings (SSSR count). The van der Waals surface area contributed by atoms with Gasteiger partial charge in [-0.05, 0) is 40.0 Å². The average molecular weight is 301 g/mol. The summed E-state index contributed by atoms with van der Waals surface area (Å²) in [7, 11) is 0. The van der Waals surface area contributed by atoms with Gasteiger partial charge in [0.15, 0.2) is 0 Å². The van der Waals surface area contributed by atoms with E-state index in [9.17, 15) is 10.0 Å². The maximum absolute atomic E-state index is 12.1. The van der Waals surface area contributed by atoms with E-state index < -0.39 is 5.97 Å². The minimum atomic E-state index is -0.806. The molecule has 0 unspecified atom stereocenters. The Morgan fingerprint density at radius 1 is 1.48 bits per heavy atom. The number of rotatable bonds is 7. The van der Waals surface area contributed by atoms with Crippen molar-refractivity contribution in [2.24, 2.45) is 11.2 Å². The van der Waals surface area contributed by atoms with E-state index in [0.717, 1.165) is 12.8 Å². The topological polar surface area (TPSA) is 88.2 Å². The van der Waals surface area contributed by atoms with Crippen molar-refractivity contribution >= 4 is 5.97 Å². The normalized spacial score (nSPS) is 23.1. The lowest BCUT2D eigenvalue weighted by atomic mass is 10.1. The van der Waals surface area contributed by atoms with Crippen molar-refractivity contribution in [3.8, 4) is 0 Å². The Kier molecular flexibility index (Phi) is 6.23. The first-order valence-electron chi connectivity index (χ1n) is 7.60. The van der Waals surface area contributed by atoms with Crippen LogP contribution in [0.2, 0.25) is 0 Å². The zero-order chi connectivity index (χ0) is 16.0. The number of unbranched alkanes of at least 4 members (excludes halogenated alkanes) is 1. The molecule has 0 spiro atoms. The maximum atomic E-state index is 12.1. The predicted octanol–water partition coefficient (Wildman–Crippen LogP) is 2.95. The van der Waals surface area contributed by atoms with Crippen LogP contribution < -0.4 is 0 Å². The van der Waals surface area contributed by atoms with Crippen LogP contribution in [0, 0.1) is 11.1 Å². The molecule has 21 heavy (non-hydrogen) atoms. The fourth-order valence-electron chi connectivity index (χ4n) is 2.40. The maximum Gasteiger partial charge on any atom is 0.306 e. The van der Waals surface area contributed by atoms with Gasteiger partial charge in [-0.25, -0.2) is 0 Å². The number of carbonyl (C=O) groups is 1. The second-order valence-corrected chi connectivity index (χ2v) is 6.56. The number of carboxylic acids is 1. The highest BCUT2D eigenvalue weighted by atomic mass is 16.7. The van der Waals surface area contributed by atoms with Gasteiger partial charge in [0.2, 0.25) is 5.28 Å². The molecule has 1 fully saturated rings. The highest BCUT2D eigenvalue weighted by Crippen LogP contribution is 2.28. The van der Waals surface area contributed by atoms with Crippen LogP contribution in [-0.4, -0.2) is 39.2 Å². The lowest BCUT2D eigenvalue weighted by molar-refractivity contribution is -0.726. The van der Waals surface area contributed by atoms with Crippen LogP contribution in [0.15, 0.2) is 5.28 Å².